The molecule has 2 heterocycles. The average molecular weight is 343 g/mol. The van der Waals surface area contributed by atoms with Crippen LogP contribution in [0, 0.1) is 0 Å². The first-order chi connectivity index (χ1) is 11.8. The Hall–Kier alpha value is -1.85. The molecule has 1 saturated heterocycles. The van der Waals surface area contributed by atoms with Crippen LogP contribution in [-0.2, 0) is 13.0 Å². The van der Waals surface area contributed by atoms with E-state index in [1.54, 1.807) is 11.3 Å². The minimum atomic E-state index is -0.0366. The van der Waals surface area contributed by atoms with Gasteiger partial charge < -0.3 is 10.6 Å². The molecule has 1 aromatic heterocycles. The zero-order valence-electron chi connectivity index (χ0n) is 13.9. The van der Waals surface area contributed by atoms with Crippen LogP contribution >= 0.6 is 11.3 Å². The van der Waals surface area contributed by atoms with Crippen molar-refractivity contribution in [1.82, 2.24) is 15.5 Å². The maximum Gasteiger partial charge on any atom is 0.315 e. The number of benzene rings is 1. The summed E-state index contributed by atoms with van der Waals surface area (Å²) < 4.78 is 0. The van der Waals surface area contributed by atoms with Gasteiger partial charge in [-0.05, 0) is 47.2 Å². The van der Waals surface area contributed by atoms with Crippen molar-refractivity contribution in [2.75, 3.05) is 19.6 Å². The SMILES string of the molecule is O=C(NCCCc1ccccc1)NC1CCN(Cc2ccsc2)C1. The van der Waals surface area contributed by atoms with Gasteiger partial charge in [-0.25, -0.2) is 4.79 Å². The van der Waals surface area contributed by atoms with Crippen LogP contribution in [0.15, 0.2) is 47.2 Å². The number of hydrogen-bond donors (Lipinski definition) is 2. The molecule has 24 heavy (non-hydrogen) atoms. The average Bonchev–Trinajstić information content (AvgIpc) is 3.25. The van der Waals surface area contributed by atoms with E-state index in [0.717, 1.165) is 38.9 Å². The summed E-state index contributed by atoms with van der Waals surface area (Å²) in [5.41, 5.74) is 2.69. The zero-order valence-corrected chi connectivity index (χ0v) is 14.7. The fourth-order valence-corrected chi connectivity index (χ4v) is 3.77. The molecule has 0 spiro atoms. The largest absolute Gasteiger partial charge is 0.338 e. The van der Waals surface area contributed by atoms with Gasteiger partial charge >= 0.3 is 6.03 Å². The predicted octanol–water partition coefficient (Wildman–Crippen LogP) is 3.25. The first-order valence-corrected chi connectivity index (χ1v) is 9.55. The highest BCUT2D eigenvalue weighted by Crippen LogP contribution is 2.15. The van der Waals surface area contributed by atoms with Crippen molar-refractivity contribution in [3.63, 3.8) is 0 Å². The molecule has 0 bridgehead atoms. The van der Waals surface area contributed by atoms with E-state index in [2.05, 4.69) is 56.6 Å². The van der Waals surface area contributed by atoms with E-state index < -0.39 is 0 Å². The summed E-state index contributed by atoms with van der Waals surface area (Å²) in [4.78, 5) is 14.4. The molecule has 128 valence electrons. The second kappa shape index (κ2) is 8.85. The van der Waals surface area contributed by atoms with Gasteiger partial charge in [-0.2, -0.15) is 11.3 Å². The molecule has 1 unspecified atom stereocenters. The molecule has 2 N–H and O–H groups in total. The summed E-state index contributed by atoms with van der Waals surface area (Å²) in [6.45, 7) is 3.69. The van der Waals surface area contributed by atoms with Gasteiger partial charge in [0.25, 0.3) is 0 Å². The maximum absolute atomic E-state index is 12.0. The molecule has 0 saturated carbocycles. The maximum atomic E-state index is 12.0. The van der Waals surface area contributed by atoms with Crippen molar-refractivity contribution in [2.45, 2.75) is 31.8 Å². The van der Waals surface area contributed by atoms with Crippen molar-refractivity contribution in [3.8, 4) is 0 Å². The smallest absolute Gasteiger partial charge is 0.315 e. The predicted molar refractivity (Wildman–Crippen MR) is 99.3 cm³/mol. The summed E-state index contributed by atoms with van der Waals surface area (Å²) in [6.07, 6.45) is 2.99. The normalized spacial score (nSPS) is 17.8. The van der Waals surface area contributed by atoms with Gasteiger partial charge in [0, 0.05) is 32.2 Å². The molecular formula is C19H25N3OS. The Bertz CT molecular complexity index is 615. The van der Waals surface area contributed by atoms with E-state index in [0.29, 0.717) is 6.54 Å². The van der Waals surface area contributed by atoms with Crippen LogP contribution in [-0.4, -0.2) is 36.6 Å². The lowest BCUT2D eigenvalue weighted by molar-refractivity contribution is 0.236. The second-order valence-electron chi connectivity index (χ2n) is 6.34. The van der Waals surface area contributed by atoms with Crippen molar-refractivity contribution in [1.29, 1.82) is 0 Å². The molecule has 2 aromatic rings. The van der Waals surface area contributed by atoms with Crippen LogP contribution in [0.1, 0.15) is 24.0 Å². The van der Waals surface area contributed by atoms with E-state index in [4.69, 9.17) is 0 Å². The van der Waals surface area contributed by atoms with Crippen LogP contribution in [0.25, 0.3) is 0 Å². The number of urea groups is 1. The molecule has 5 heteroatoms. The van der Waals surface area contributed by atoms with Crippen LogP contribution < -0.4 is 10.6 Å². The number of thiophene rings is 1. The third-order valence-corrected chi connectivity index (χ3v) is 5.10. The van der Waals surface area contributed by atoms with Crippen molar-refractivity contribution < 1.29 is 4.79 Å². The van der Waals surface area contributed by atoms with E-state index in [1.165, 1.54) is 11.1 Å². The van der Waals surface area contributed by atoms with E-state index >= 15 is 0 Å². The molecular weight excluding hydrogens is 318 g/mol. The quantitative estimate of drug-likeness (QED) is 0.758. The molecule has 4 nitrogen and oxygen atoms in total. The number of carbonyl (C=O) groups excluding carboxylic acids is 1. The molecule has 2 amide bonds. The Morgan fingerprint density at radius 2 is 2.08 bits per heavy atom. The number of rotatable bonds is 7. The summed E-state index contributed by atoms with van der Waals surface area (Å²) in [5.74, 6) is 0. The topological polar surface area (TPSA) is 44.4 Å². The first-order valence-electron chi connectivity index (χ1n) is 8.61. The minimum absolute atomic E-state index is 0.0366. The fraction of sp³-hybridized carbons (Fsp3) is 0.421. The molecule has 1 aliphatic heterocycles. The van der Waals surface area contributed by atoms with E-state index in [1.807, 2.05) is 6.07 Å². The first kappa shape index (κ1) is 17.0. The van der Waals surface area contributed by atoms with E-state index in [-0.39, 0.29) is 12.1 Å². The Kier molecular flexibility index (Phi) is 6.26. The van der Waals surface area contributed by atoms with Gasteiger partial charge in [0.2, 0.25) is 0 Å². The monoisotopic (exact) mass is 343 g/mol. The number of aryl methyl sites for hydroxylation is 1. The summed E-state index contributed by atoms with van der Waals surface area (Å²) >= 11 is 1.74. The van der Waals surface area contributed by atoms with Gasteiger partial charge in [-0.15, -0.1) is 0 Å². The van der Waals surface area contributed by atoms with Crippen molar-refractivity contribution in [2.24, 2.45) is 0 Å². The van der Waals surface area contributed by atoms with Crippen LogP contribution in [0.2, 0.25) is 0 Å². The molecule has 0 aliphatic carbocycles. The van der Waals surface area contributed by atoms with Gasteiger partial charge in [-0.1, -0.05) is 30.3 Å². The summed E-state index contributed by atoms with van der Waals surface area (Å²) in [7, 11) is 0. The Labute approximate surface area is 147 Å². The highest BCUT2D eigenvalue weighted by molar-refractivity contribution is 7.07. The highest BCUT2D eigenvalue weighted by Gasteiger charge is 2.23. The summed E-state index contributed by atoms with van der Waals surface area (Å²) in [6, 6.07) is 12.8. The Morgan fingerprint density at radius 3 is 2.88 bits per heavy atom. The van der Waals surface area contributed by atoms with Crippen LogP contribution in [0.4, 0.5) is 4.79 Å². The number of carbonyl (C=O) groups is 1. The van der Waals surface area contributed by atoms with Crippen LogP contribution in [0.3, 0.4) is 0 Å². The molecule has 3 rings (SSSR count). The highest BCUT2D eigenvalue weighted by atomic mass is 32.1. The van der Waals surface area contributed by atoms with Gasteiger partial charge in [0.15, 0.2) is 0 Å². The Balaban J connectivity index is 1.29. The van der Waals surface area contributed by atoms with Gasteiger partial charge in [0.1, 0.15) is 0 Å². The summed E-state index contributed by atoms with van der Waals surface area (Å²) in [5, 5.41) is 10.4. The van der Waals surface area contributed by atoms with Crippen molar-refractivity contribution >= 4 is 17.4 Å². The lowest BCUT2D eigenvalue weighted by Crippen LogP contribution is -2.43. The van der Waals surface area contributed by atoms with E-state index in [9.17, 15) is 4.79 Å². The standard InChI is InChI=1S/C19H25N3OS/c23-19(20-10-4-7-16-5-2-1-3-6-16)21-18-8-11-22(14-18)13-17-9-12-24-15-17/h1-3,5-6,9,12,15,18H,4,7-8,10-11,13-14H2,(H2,20,21,23). The second-order valence-corrected chi connectivity index (χ2v) is 7.12. The number of nitrogens with zero attached hydrogens (tertiary/aromatic N) is 1. The number of likely N-dealkylation sites (tertiary alicyclic amines) is 1. The van der Waals surface area contributed by atoms with Gasteiger partial charge in [0.05, 0.1) is 0 Å². The zero-order chi connectivity index (χ0) is 16.6. The fourth-order valence-electron chi connectivity index (χ4n) is 3.11. The number of nitrogens with one attached hydrogen (secondary N) is 2. The minimum Gasteiger partial charge on any atom is -0.338 e. The van der Waals surface area contributed by atoms with Crippen molar-refractivity contribution in [3.05, 3.63) is 58.3 Å². The molecule has 1 aromatic carbocycles. The molecule has 0 radical (unpaired) electrons. The third-order valence-electron chi connectivity index (χ3n) is 4.36. The molecule has 1 fully saturated rings. The Morgan fingerprint density at radius 1 is 1.21 bits per heavy atom. The third kappa shape index (κ3) is 5.35. The van der Waals surface area contributed by atoms with Gasteiger partial charge in [-0.3, -0.25) is 4.90 Å². The number of hydrogen-bond acceptors (Lipinski definition) is 3. The molecule has 1 atom stereocenters. The number of amides is 2. The van der Waals surface area contributed by atoms with Crippen LogP contribution in [0.5, 0.6) is 0 Å². The lowest BCUT2D eigenvalue weighted by Gasteiger charge is -2.16. The molecule has 1 aliphatic rings. The lowest BCUT2D eigenvalue weighted by atomic mass is 10.1.